The van der Waals surface area contributed by atoms with Crippen molar-refractivity contribution >= 4 is 28.8 Å². The van der Waals surface area contributed by atoms with Gasteiger partial charge in [-0.1, -0.05) is 11.6 Å². The molecule has 0 aliphatic rings. The van der Waals surface area contributed by atoms with Crippen LogP contribution in [0.5, 0.6) is 17.4 Å². The van der Waals surface area contributed by atoms with Gasteiger partial charge in [0.1, 0.15) is 11.5 Å². The summed E-state index contributed by atoms with van der Waals surface area (Å²) in [5.41, 5.74) is -0.857. The van der Waals surface area contributed by atoms with Crippen LogP contribution in [0.2, 0.25) is 4.47 Å². The number of alkyl halides is 3. The Morgan fingerprint density at radius 2 is 1.83 bits per heavy atom. The fourth-order valence-electron chi connectivity index (χ4n) is 2.26. The number of aromatic nitrogens is 2. The highest BCUT2D eigenvalue weighted by atomic mass is 35.5. The summed E-state index contributed by atoms with van der Waals surface area (Å²) in [4.78, 5) is 20.5. The number of ether oxygens (including phenoxy) is 2. The first kappa shape index (κ1) is 21.8. The van der Waals surface area contributed by atoms with Gasteiger partial charge in [-0.25, -0.2) is 9.97 Å². The van der Waals surface area contributed by atoms with Gasteiger partial charge >= 0.3 is 6.18 Å². The Labute approximate surface area is 178 Å². The second-order valence-electron chi connectivity index (χ2n) is 6.01. The zero-order valence-electron chi connectivity index (χ0n) is 15.4. The molecule has 11 heteroatoms. The van der Waals surface area contributed by atoms with Crippen LogP contribution in [-0.2, 0) is 17.5 Å². The second-order valence-corrected chi connectivity index (χ2v) is 7.71. The topological polar surface area (TPSA) is 73.3 Å². The highest BCUT2D eigenvalue weighted by Gasteiger charge is 2.30. The van der Waals surface area contributed by atoms with Crippen LogP contribution in [0.3, 0.4) is 0 Å². The molecule has 0 saturated carbocycles. The summed E-state index contributed by atoms with van der Waals surface area (Å²) >= 11 is 7.02. The Bertz CT molecular complexity index is 995. The van der Waals surface area contributed by atoms with Gasteiger partial charge in [0.2, 0.25) is 5.88 Å². The third-order valence-corrected chi connectivity index (χ3v) is 4.87. The first-order valence-corrected chi connectivity index (χ1v) is 9.76. The van der Waals surface area contributed by atoms with Crippen molar-refractivity contribution in [2.45, 2.75) is 25.7 Å². The van der Waals surface area contributed by atoms with Gasteiger partial charge in [0.25, 0.3) is 5.91 Å². The summed E-state index contributed by atoms with van der Waals surface area (Å²) in [6, 6.07) is 8.28. The third kappa shape index (κ3) is 6.07. The Morgan fingerprint density at radius 3 is 2.40 bits per heavy atom. The van der Waals surface area contributed by atoms with E-state index in [4.69, 9.17) is 21.1 Å². The van der Waals surface area contributed by atoms with Gasteiger partial charge in [0.05, 0.1) is 12.1 Å². The van der Waals surface area contributed by atoms with E-state index < -0.39 is 17.8 Å². The van der Waals surface area contributed by atoms with E-state index in [0.29, 0.717) is 28.7 Å². The number of carbonyl (C=O) groups excluding carboxylic acids is 1. The molecule has 0 aliphatic carbocycles. The van der Waals surface area contributed by atoms with Crippen LogP contribution in [0.15, 0.2) is 48.8 Å². The Kier molecular flexibility index (Phi) is 6.78. The lowest BCUT2D eigenvalue weighted by Gasteiger charge is -2.14. The fraction of sp³-hybridized carbons (Fsp3) is 0.211. The van der Waals surface area contributed by atoms with Crippen LogP contribution in [0, 0.1) is 0 Å². The molecular weight excluding hydrogens is 443 g/mol. The average Bonchev–Trinajstić information content (AvgIpc) is 3.12. The van der Waals surface area contributed by atoms with Crippen molar-refractivity contribution in [1.29, 1.82) is 0 Å². The molecule has 1 amide bonds. The maximum atomic E-state index is 12.6. The molecule has 2 heterocycles. The summed E-state index contributed by atoms with van der Waals surface area (Å²) < 4.78 is 49.1. The highest BCUT2D eigenvalue weighted by molar-refractivity contribution is 7.15. The van der Waals surface area contributed by atoms with E-state index in [2.05, 4.69) is 15.3 Å². The van der Waals surface area contributed by atoms with Gasteiger partial charge in [-0.05, 0) is 37.3 Å². The van der Waals surface area contributed by atoms with Crippen molar-refractivity contribution in [2.24, 2.45) is 0 Å². The van der Waals surface area contributed by atoms with Crippen LogP contribution in [0.1, 0.15) is 17.4 Å². The molecule has 0 aliphatic heterocycles. The van der Waals surface area contributed by atoms with Crippen molar-refractivity contribution in [3.63, 3.8) is 0 Å². The molecule has 0 spiro atoms. The molecule has 158 valence electrons. The maximum Gasteiger partial charge on any atom is 0.417 e. The molecule has 3 aromatic rings. The number of nitrogens with zero attached hydrogens (tertiary/aromatic N) is 2. The lowest BCUT2D eigenvalue weighted by molar-refractivity contribution is -0.137. The molecule has 30 heavy (non-hydrogen) atoms. The normalized spacial score (nSPS) is 12.3. The second kappa shape index (κ2) is 9.31. The number of benzene rings is 1. The van der Waals surface area contributed by atoms with Crippen molar-refractivity contribution < 1.29 is 27.4 Å². The molecule has 6 nitrogen and oxygen atoms in total. The zero-order chi connectivity index (χ0) is 21.7. The quantitative estimate of drug-likeness (QED) is 0.535. The Hall–Kier alpha value is -2.85. The number of nitrogens with one attached hydrogen (secondary N) is 1. The first-order chi connectivity index (χ1) is 14.2. The summed E-state index contributed by atoms with van der Waals surface area (Å²) in [6.07, 6.45) is -2.92. The number of halogens is 4. The lowest BCUT2D eigenvalue weighted by atomic mass is 10.3. The number of rotatable bonds is 7. The Morgan fingerprint density at radius 1 is 1.13 bits per heavy atom. The van der Waals surface area contributed by atoms with E-state index in [1.165, 1.54) is 11.3 Å². The standard InChI is InChI=1S/C19H15ClF3N3O3S/c1-11(17(27)25-9-15-10-26-18(20)30-15)28-13-3-5-14(6-4-13)29-16-7-2-12(8-24-16)19(21,22)23/h2-8,10-11H,9H2,1H3,(H,25,27). The smallest absolute Gasteiger partial charge is 0.417 e. The molecule has 0 saturated heterocycles. The molecular formula is C19H15ClF3N3O3S. The van der Waals surface area contributed by atoms with E-state index in [1.54, 1.807) is 37.4 Å². The monoisotopic (exact) mass is 457 g/mol. The SMILES string of the molecule is CC(Oc1ccc(Oc2ccc(C(F)(F)F)cn2)cc1)C(=O)NCc1cnc(Cl)s1. The molecule has 1 aromatic carbocycles. The molecule has 2 aromatic heterocycles. The number of hydrogen-bond acceptors (Lipinski definition) is 6. The van der Waals surface area contributed by atoms with E-state index in [0.717, 1.165) is 17.0 Å². The van der Waals surface area contributed by atoms with E-state index in [-0.39, 0.29) is 11.8 Å². The minimum absolute atomic E-state index is 0.0209. The molecule has 3 rings (SSSR count). The van der Waals surface area contributed by atoms with Gasteiger partial charge in [-0.3, -0.25) is 4.79 Å². The van der Waals surface area contributed by atoms with Crippen LogP contribution >= 0.6 is 22.9 Å². The van der Waals surface area contributed by atoms with E-state index in [1.807, 2.05) is 0 Å². The number of thiazole rings is 1. The zero-order valence-corrected chi connectivity index (χ0v) is 17.0. The van der Waals surface area contributed by atoms with Crippen molar-refractivity contribution in [2.75, 3.05) is 0 Å². The number of pyridine rings is 1. The minimum Gasteiger partial charge on any atom is -0.481 e. The minimum atomic E-state index is -4.46. The average molecular weight is 458 g/mol. The summed E-state index contributed by atoms with van der Waals surface area (Å²) in [5, 5.41) is 2.73. The first-order valence-electron chi connectivity index (χ1n) is 8.56. The number of amides is 1. The molecule has 0 fully saturated rings. The molecule has 0 radical (unpaired) electrons. The van der Waals surface area contributed by atoms with Crippen molar-refractivity contribution in [3.05, 3.63) is 63.7 Å². The van der Waals surface area contributed by atoms with Gasteiger partial charge in [0.15, 0.2) is 10.6 Å². The molecule has 1 unspecified atom stereocenters. The summed E-state index contributed by atoms with van der Waals surface area (Å²) in [7, 11) is 0. The number of carbonyl (C=O) groups is 1. The van der Waals surface area contributed by atoms with Crippen LogP contribution < -0.4 is 14.8 Å². The largest absolute Gasteiger partial charge is 0.481 e. The van der Waals surface area contributed by atoms with Gasteiger partial charge in [-0.15, -0.1) is 11.3 Å². The lowest BCUT2D eigenvalue weighted by Crippen LogP contribution is -2.35. The predicted molar refractivity (Wildman–Crippen MR) is 105 cm³/mol. The van der Waals surface area contributed by atoms with Gasteiger partial charge in [0, 0.05) is 23.3 Å². The van der Waals surface area contributed by atoms with Crippen LogP contribution in [0.4, 0.5) is 13.2 Å². The van der Waals surface area contributed by atoms with Crippen LogP contribution in [0.25, 0.3) is 0 Å². The Balaban J connectivity index is 1.51. The van der Waals surface area contributed by atoms with Gasteiger partial charge in [-0.2, -0.15) is 13.2 Å². The third-order valence-electron chi connectivity index (χ3n) is 3.75. The summed E-state index contributed by atoms with van der Waals surface area (Å²) in [5.74, 6) is 0.487. The predicted octanol–water partition coefficient (Wildman–Crippen LogP) is 5.09. The van der Waals surface area contributed by atoms with Gasteiger partial charge < -0.3 is 14.8 Å². The van der Waals surface area contributed by atoms with E-state index >= 15 is 0 Å². The highest BCUT2D eigenvalue weighted by Crippen LogP contribution is 2.30. The molecule has 1 atom stereocenters. The number of hydrogen-bond donors (Lipinski definition) is 1. The fourth-order valence-corrected chi connectivity index (χ4v) is 3.17. The molecule has 0 bridgehead atoms. The van der Waals surface area contributed by atoms with Crippen molar-refractivity contribution in [3.8, 4) is 17.4 Å². The van der Waals surface area contributed by atoms with Crippen molar-refractivity contribution in [1.82, 2.24) is 15.3 Å². The molecule has 1 N–H and O–H groups in total. The van der Waals surface area contributed by atoms with Crippen LogP contribution in [-0.4, -0.2) is 22.0 Å². The van der Waals surface area contributed by atoms with E-state index in [9.17, 15) is 18.0 Å². The maximum absolute atomic E-state index is 12.6. The summed E-state index contributed by atoms with van der Waals surface area (Å²) in [6.45, 7) is 1.90.